The van der Waals surface area contributed by atoms with E-state index in [0.29, 0.717) is 0 Å². The van der Waals surface area contributed by atoms with E-state index < -0.39 is 0 Å². The Bertz CT molecular complexity index is 619. The van der Waals surface area contributed by atoms with Crippen molar-refractivity contribution in [3.8, 4) is 0 Å². The molecule has 7 nitrogen and oxygen atoms in total. The number of guanidine groups is 1. The molecule has 1 amide bonds. The number of benzene rings is 1. The molecule has 0 aliphatic carbocycles. The summed E-state index contributed by atoms with van der Waals surface area (Å²) in [5.74, 6) is 1.07. The fraction of sp³-hybridized carbons (Fsp3) is 0.636. The molecule has 1 aliphatic heterocycles. The largest absolute Gasteiger partial charge is 0.372 e. The van der Waals surface area contributed by atoms with Crippen molar-refractivity contribution in [2.24, 2.45) is 4.99 Å². The number of aliphatic imine (C=N–C) groups is 1. The summed E-state index contributed by atoms with van der Waals surface area (Å²) in [4.78, 5) is 22.8. The molecule has 0 bridgehead atoms. The van der Waals surface area contributed by atoms with Crippen LogP contribution in [0.4, 0.5) is 5.69 Å². The molecule has 0 aromatic heterocycles. The van der Waals surface area contributed by atoms with E-state index >= 15 is 0 Å². The second kappa shape index (κ2) is 15.3. The van der Waals surface area contributed by atoms with E-state index in [1.54, 1.807) is 6.92 Å². The highest BCUT2D eigenvalue weighted by atomic mass is 127. The van der Waals surface area contributed by atoms with E-state index in [2.05, 4.69) is 64.6 Å². The van der Waals surface area contributed by atoms with Crippen molar-refractivity contribution in [1.82, 2.24) is 20.4 Å². The van der Waals surface area contributed by atoms with E-state index in [0.717, 1.165) is 77.8 Å². The number of carbonyl (C=O) groups is 1. The summed E-state index contributed by atoms with van der Waals surface area (Å²) in [6.45, 7) is 15.0. The van der Waals surface area contributed by atoms with Gasteiger partial charge in [0.1, 0.15) is 0 Å². The molecule has 0 saturated carbocycles. The van der Waals surface area contributed by atoms with Crippen LogP contribution in [0.3, 0.4) is 0 Å². The number of anilines is 1. The molecule has 1 aliphatic rings. The Morgan fingerprint density at radius 1 is 1.10 bits per heavy atom. The molecule has 0 radical (unpaired) electrons. The maximum absolute atomic E-state index is 11.4. The summed E-state index contributed by atoms with van der Waals surface area (Å²) in [5, 5.41) is 6.77. The summed E-state index contributed by atoms with van der Waals surface area (Å²) in [6, 6.07) is 10.6. The summed E-state index contributed by atoms with van der Waals surface area (Å²) in [7, 11) is 0. The highest BCUT2D eigenvalue weighted by Crippen LogP contribution is 2.12. The molecule has 1 aromatic rings. The predicted molar refractivity (Wildman–Crippen MR) is 137 cm³/mol. The third kappa shape index (κ3) is 9.51. The van der Waals surface area contributed by atoms with Crippen LogP contribution in [-0.2, 0) is 4.79 Å². The Balaban J connectivity index is 0.00000450. The highest BCUT2D eigenvalue weighted by molar-refractivity contribution is 14.0. The number of amides is 1. The standard InChI is InChI=1S/C22H38N6O.HI/c1-4-23-22(25-13-15-26-16-18-28(19-17-26)20(3)29)24-12-9-14-27(5-2)21-10-7-6-8-11-21;/h6-8,10-11H,4-5,9,12-19H2,1-3H3,(H2,23,24,25);1H. The average Bonchev–Trinajstić information content (AvgIpc) is 2.74. The average molecular weight is 530 g/mol. The monoisotopic (exact) mass is 530 g/mol. The third-order valence-corrected chi connectivity index (χ3v) is 5.24. The van der Waals surface area contributed by atoms with Gasteiger partial charge in [0, 0.05) is 78.1 Å². The number of hydrogen-bond acceptors (Lipinski definition) is 4. The molecule has 1 saturated heterocycles. The van der Waals surface area contributed by atoms with E-state index in [-0.39, 0.29) is 29.9 Å². The van der Waals surface area contributed by atoms with Crippen molar-refractivity contribution < 1.29 is 4.79 Å². The maximum Gasteiger partial charge on any atom is 0.219 e. The Kier molecular flexibility index (Phi) is 13.5. The van der Waals surface area contributed by atoms with Crippen LogP contribution in [0, 0.1) is 0 Å². The van der Waals surface area contributed by atoms with Crippen LogP contribution in [0.5, 0.6) is 0 Å². The van der Waals surface area contributed by atoms with Crippen molar-refractivity contribution in [2.75, 3.05) is 70.3 Å². The van der Waals surface area contributed by atoms with Crippen LogP contribution in [0.1, 0.15) is 27.2 Å². The molecule has 0 atom stereocenters. The summed E-state index contributed by atoms with van der Waals surface area (Å²) < 4.78 is 0. The van der Waals surface area contributed by atoms with Gasteiger partial charge in [-0.05, 0) is 32.4 Å². The molecule has 8 heteroatoms. The van der Waals surface area contributed by atoms with Gasteiger partial charge in [-0.3, -0.25) is 14.7 Å². The number of para-hydroxylation sites is 1. The van der Waals surface area contributed by atoms with Crippen molar-refractivity contribution in [2.45, 2.75) is 27.2 Å². The van der Waals surface area contributed by atoms with E-state index in [1.807, 2.05) is 4.90 Å². The molecule has 1 heterocycles. The van der Waals surface area contributed by atoms with Crippen molar-refractivity contribution in [1.29, 1.82) is 0 Å². The second-order valence-corrected chi connectivity index (χ2v) is 7.30. The summed E-state index contributed by atoms with van der Waals surface area (Å²) >= 11 is 0. The number of piperazine rings is 1. The lowest BCUT2D eigenvalue weighted by Crippen LogP contribution is -2.50. The Hall–Kier alpha value is -1.55. The topological polar surface area (TPSA) is 63.2 Å². The SMILES string of the molecule is CCNC(=NCCCN(CC)c1ccccc1)NCCN1CCN(C(C)=O)CC1.I. The maximum atomic E-state index is 11.4. The first-order valence-corrected chi connectivity index (χ1v) is 10.9. The number of halogens is 1. The van der Waals surface area contributed by atoms with E-state index in [9.17, 15) is 4.79 Å². The van der Waals surface area contributed by atoms with E-state index in [4.69, 9.17) is 4.99 Å². The first-order chi connectivity index (χ1) is 14.1. The van der Waals surface area contributed by atoms with Crippen LogP contribution in [0.25, 0.3) is 0 Å². The van der Waals surface area contributed by atoms with Gasteiger partial charge < -0.3 is 20.4 Å². The van der Waals surface area contributed by atoms with Gasteiger partial charge in [0.05, 0.1) is 0 Å². The summed E-state index contributed by atoms with van der Waals surface area (Å²) in [6.07, 6.45) is 1.02. The minimum absolute atomic E-state index is 0. The Labute approximate surface area is 199 Å². The van der Waals surface area contributed by atoms with Gasteiger partial charge in [0.15, 0.2) is 5.96 Å². The van der Waals surface area contributed by atoms with Gasteiger partial charge in [-0.25, -0.2) is 0 Å². The van der Waals surface area contributed by atoms with Gasteiger partial charge in [-0.2, -0.15) is 0 Å². The number of hydrogen-bond donors (Lipinski definition) is 2. The van der Waals surface area contributed by atoms with Crippen LogP contribution in [0.2, 0.25) is 0 Å². The Morgan fingerprint density at radius 2 is 1.80 bits per heavy atom. The Morgan fingerprint density at radius 3 is 2.40 bits per heavy atom. The van der Waals surface area contributed by atoms with Crippen LogP contribution in [-0.4, -0.2) is 87.1 Å². The predicted octanol–water partition coefficient (Wildman–Crippen LogP) is 2.24. The molecule has 2 N–H and O–H groups in total. The molecule has 1 fully saturated rings. The van der Waals surface area contributed by atoms with Gasteiger partial charge in [0.2, 0.25) is 5.91 Å². The molecule has 0 spiro atoms. The molecular weight excluding hydrogens is 491 g/mol. The molecule has 170 valence electrons. The highest BCUT2D eigenvalue weighted by Gasteiger charge is 2.17. The van der Waals surface area contributed by atoms with Crippen molar-refractivity contribution in [3.05, 3.63) is 30.3 Å². The van der Waals surface area contributed by atoms with Crippen LogP contribution < -0.4 is 15.5 Å². The van der Waals surface area contributed by atoms with Crippen molar-refractivity contribution >= 4 is 41.5 Å². The lowest BCUT2D eigenvalue weighted by Gasteiger charge is -2.34. The normalized spacial score (nSPS) is 14.8. The fourth-order valence-electron chi connectivity index (χ4n) is 3.52. The first-order valence-electron chi connectivity index (χ1n) is 10.9. The lowest BCUT2D eigenvalue weighted by atomic mass is 10.2. The number of nitrogens with zero attached hydrogens (tertiary/aromatic N) is 4. The summed E-state index contributed by atoms with van der Waals surface area (Å²) in [5.41, 5.74) is 1.27. The van der Waals surface area contributed by atoms with E-state index in [1.165, 1.54) is 5.69 Å². The van der Waals surface area contributed by atoms with Crippen LogP contribution in [0.15, 0.2) is 35.3 Å². The van der Waals surface area contributed by atoms with Crippen molar-refractivity contribution in [3.63, 3.8) is 0 Å². The zero-order chi connectivity index (χ0) is 20.9. The van der Waals surface area contributed by atoms with Crippen LogP contribution >= 0.6 is 24.0 Å². The van der Waals surface area contributed by atoms with Gasteiger partial charge in [-0.15, -0.1) is 24.0 Å². The minimum atomic E-state index is 0. The molecule has 0 unspecified atom stereocenters. The molecule has 2 rings (SSSR count). The van der Waals surface area contributed by atoms with Gasteiger partial charge >= 0.3 is 0 Å². The lowest BCUT2D eigenvalue weighted by molar-refractivity contribution is -0.130. The zero-order valence-corrected chi connectivity index (χ0v) is 21.1. The number of nitrogens with one attached hydrogen (secondary N) is 2. The fourth-order valence-corrected chi connectivity index (χ4v) is 3.52. The zero-order valence-electron chi connectivity index (χ0n) is 18.8. The second-order valence-electron chi connectivity index (χ2n) is 7.30. The smallest absolute Gasteiger partial charge is 0.219 e. The van der Waals surface area contributed by atoms with Gasteiger partial charge in [0.25, 0.3) is 0 Å². The quantitative estimate of drug-likeness (QED) is 0.210. The molecular formula is C22H39IN6O. The molecule has 30 heavy (non-hydrogen) atoms. The number of carbonyl (C=O) groups excluding carboxylic acids is 1. The molecule has 1 aromatic carbocycles. The first kappa shape index (κ1) is 26.5. The van der Waals surface area contributed by atoms with Gasteiger partial charge in [-0.1, -0.05) is 18.2 Å². The minimum Gasteiger partial charge on any atom is -0.372 e. The third-order valence-electron chi connectivity index (χ3n) is 5.24. The number of rotatable bonds is 10.